The molecule has 0 bridgehead atoms. The molecule has 1 saturated carbocycles. The van der Waals surface area contributed by atoms with E-state index in [0.29, 0.717) is 17.2 Å². The molecule has 0 saturated heterocycles. The van der Waals surface area contributed by atoms with Crippen LogP contribution in [0, 0.1) is 0 Å². The van der Waals surface area contributed by atoms with Crippen LogP contribution in [0.4, 0.5) is 11.6 Å². The molecule has 1 unspecified atom stereocenters. The molecule has 4 rings (SSSR count). The maximum atomic E-state index is 12.4. The van der Waals surface area contributed by atoms with Gasteiger partial charge in [0.15, 0.2) is 0 Å². The molecular formula is C20H24N6O3. The predicted octanol–water partition coefficient (Wildman–Crippen LogP) is 2.32. The summed E-state index contributed by atoms with van der Waals surface area (Å²) in [6.45, 7) is 0. The lowest BCUT2D eigenvalue weighted by atomic mass is 9.89. The third-order valence-electron chi connectivity index (χ3n) is 5.46. The highest BCUT2D eigenvalue weighted by atomic mass is 16.2. The van der Waals surface area contributed by atoms with Crippen molar-refractivity contribution < 1.29 is 14.4 Å². The van der Waals surface area contributed by atoms with Crippen molar-refractivity contribution in [3.8, 4) is 0 Å². The molecule has 1 atom stereocenters. The van der Waals surface area contributed by atoms with E-state index >= 15 is 0 Å². The van der Waals surface area contributed by atoms with E-state index in [1.165, 1.54) is 19.3 Å². The third-order valence-corrected chi connectivity index (χ3v) is 5.46. The van der Waals surface area contributed by atoms with Crippen molar-refractivity contribution in [1.29, 1.82) is 0 Å². The maximum Gasteiger partial charge on any atom is 0.254 e. The average Bonchev–Trinajstić information content (AvgIpc) is 3.15. The summed E-state index contributed by atoms with van der Waals surface area (Å²) in [5, 5.41) is 15.1. The van der Waals surface area contributed by atoms with E-state index < -0.39 is 6.04 Å². The Balaban J connectivity index is 1.31. The second kappa shape index (κ2) is 8.42. The SMILES string of the molecule is O=C(CCC1NC(=O)c2ccccc2NC1=O)Nc1n[nH]c(C2CCCCC2)n1. The highest BCUT2D eigenvalue weighted by Crippen LogP contribution is 2.30. The second-order valence-electron chi connectivity index (χ2n) is 7.53. The van der Waals surface area contributed by atoms with E-state index in [2.05, 4.69) is 31.1 Å². The van der Waals surface area contributed by atoms with Crippen LogP contribution < -0.4 is 16.0 Å². The quantitative estimate of drug-likeness (QED) is 0.616. The first-order chi connectivity index (χ1) is 14.1. The summed E-state index contributed by atoms with van der Waals surface area (Å²) in [5.41, 5.74) is 0.877. The van der Waals surface area contributed by atoms with Crippen molar-refractivity contribution in [2.45, 2.75) is 56.9 Å². The lowest BCUT2D eigenvalue weighted by Gasteiger charge is -2.18. The number of carbonyl (C=O) groups is 3. The number of benzene rings is 1. The van der Waals surface area contributed by atoms with Gasteiger partial charge in [0.1, 0.15) is 11.9 Å². The minimum atomic E-state index is -0.786. The number of carbonyl (C=O) groups excluding carboxylic acids is 3. The van der Waals surface area contributed by atoms with E-state index in [4.69, 9.17) is 0 Å². The molecule has 2 heterocycles. The Morgan fingerprint density at radius 3 is 2.76 bits per heavy atom. The van der Waals surface area contributed by atoms with Crippen LogP contribution in [0.3, 0.4) is 0 Å². The van der Waals surface area contributed by atoms with E-state index in [9.17, 15) is 14.4 Å². The number of para-hydroxylation sites is 1. The van der Waals surface area contributed by atoms with Crippen molar-refractivity contribution >= 4 is 29.4 Å². The number of hydrogen-bond acceptors (Lipinski definition) is 5. The van der Waals surface area contributed by atoms with E-state index in [1.807, 2.05) is 0 Å². The standard InChI is InChI=1S/C20H24N6O3/c27-16(23-20-24-17(25-26-20)12-6-2-1-3-7-12)11-10-15-19(29)21-14-9-5-4-8-13(14)18(28)22-15/h4-5,8-9,12,15H,1-3,6-7,10-11H2,(H,21,29)(H,22,28)(H2,23,24,25,26,27). The van der Waals surface area contributed by atoms with Gasteiger partial charge in [-0.3, -0.25) is 24.8 Å². The highest BCUT2D eigenvalue weighted by molar-refractivity contribution is 6.09. The maximum absolute atomic E-state index is 12.4. The number of amides is 3. The molecule has 29 heavy (non-hydrogen) atoms. The summed E-state index contributed by atoms with van der Waals surface area (Å²) < 4.78 is 0. The molecule has 1 aliphatic heterocycles. The average molecular weight is 396 g/mol. The lowest BCUT2D eigenvalue weighted by Crippen LogP contribution is -2.41. The fourth-order valence-corrected chi connectivity index (χ4v) is 3.87. The van der Waals surface area contributed by atoms with Gasteiger partial charge < -0.3 is 10.6 Å². The molecule has 2 aromatic rings. The third kappa shape index (κ3) is 4.44. The topological polar surface area (TPSA) is 129 Å². The van der Waals surface area contributed by atoms with E-state index in [0.717, 1.165) is 18.7 Å². The van der Waals surface area contributed by atoms with Gasteiger partial charge in [0.25, 0.3) is 5.91 Å². The number of hydrogen-bond donors (Lipinski definition) is 4. The van der Waals surface area contributed by atoms with Crippen molar-refractivity contribution in [2.24, 2.45) is 0 Å². The number of aromatic amines is 1. The summed E-state index contributed by atoms with van der Waals surface area (Å²) in [6, 6.07) is 6.02. The van der Waals surface area contributed by atoms with Gasteiger partial charge in [-0.1, -0.05) is 31.4 Å². The Labute approximate surface area is 168 Å². The van der Waals surface area contributed by atoms with Gasteiger partial charge in [0, 0.05) is 12.3 Å². The Bertz CT molecular complexity index is 918. The summed E-state index contributed by atoms with van der Waals surface area (Å²) in [6.07, 6.45) is 6.03. The van der Waals surface area contributed by atoms with Gasteiger partial charge in [-0.25, -0.2) is 0 Å². The Morgan fingerprint density at radius 2 is 1.93 bits per heavy atom. The Morgan fingerprint density at radius 1 is 1.14 bits per heavy atom. The van der Waals surface area contributed by atoms with Crippen LogP contribution in [0.2, 0.25) is 0 Å². The van der Waals surface area contributed by atoms with E-state index in [1.54, 1.807) is 24.3 Å². The molecule has 4 N–H and O–H groups in total. The van der Waals surface area contributed by atoms with E-state index in [-0.39, 0.29) is 36.5 Å². The molecule has 9 nitrogen and oxygen atoms in total. The zero-order chi connectivity index (χ0) is 20.2. The summed E-state index contributed by atoms with van der Waals surface area (Å²) in [5.74, 6) is 0.450. The molecular weight excluding hydrogens is 372 g/mol. The molecule has 1 aliphatic carbocycles. The molecule has 1 aromatic carbocycles. The van der Waals surface area contributed by atoms with Crippen molar-refractivity contribution in [2.75, 3.05) is 10.6 Å². The van der Waals surface area contributed by atoms with Gasteiger partial charge in [-0.2, -0.15) is 4.98 Å². The number of fused-ring (bicyclic) bond motifs is 1. The molecule has 9 heteroatoms. The Hall–Kier alpha value is -3.23. The van der Waals surface area contributed by atoms with Crippen LogP contribution in [-0.2, 0) is 9.59 Å². The normalized spacial score (nSPS) is 19.7. The fourth-order valence-electron chi connectivity index (χ4n) is 3.87. The number of anilines is 2. The molecule has 152 valence electrons. The molecule has 3 amide bonds. The second-order valence-corrected chi connectivity index (χ2v) is 7.53. The van der Waals surface area contributed by atoms with Gasteiger partial charge >= 0.3 is 0 Å². The summed E-state index contributed by atoms with van der Waals surface area (Å²) in [4.78, 5) is 41.4. The largest absolute Gasteiger partial charge is 0.340 e. The first-order valence-corrected chi connectivity index (χ1v) is 10.0. The van der Waals surface area contributed by atoms with Gasteiger partial charge in [-0.05, 0) is 31.4 Å². The number of rotatable bonds is 5. The first kappa shape index (κ1) is 19.1. The van der Waals surface area contributed by atoms with Crippen LogP contribution in [0.15, 0.2) is 24.3 Å². The predicted molar refractivity (Wildman–Crippen MR) is 106 cm³/mol. The zero-order valence-electron chi connectivity index (χ0n) is 16.0. The minimum absolute atomic E-state index is 0.0576. The Kier molecular flexibility index (Phi) is 5.55. The minimum Gasteiger partial charge on any atom is -0.340 e. The highest BCUT2D eigenvalue weighted by Gasteiger charge is 2.28. The van der Waals surface area contributed by atoms with Crippen LogP contribution >= 0.6 is 0 Å². The summed E-state index contributed by atoms with van der Waals surface area (Å²) >= 11 is 0. The van der Waals surface area contributed by atoms with Crippen LogP contribution in [0.25, 0.3) is 0 Å². The van der Waals surface area contributed by atoms with Crippen molar-refractivity contribution in [1.82, 2.24) is 20.5 Å². The van der Waals surface area contributed by atoms with Crippen molar-refractivity contribution in [3.05, 3.63) is 35.7 Å². The molecule has 0 spiro atoms. The van der Waals surface area contributed by atoms with Gasteiger partial charge in [-0.15, -0.1) is 5.10 Å². The molecule has 2 aliphatic rings. The zero-order valence-corrected chi connectivity index (χ0v) is 16.0. The fraction of sp³-hybridized carbons (Fsp3) is 0.450. The smallest absolute Gasteiger partial charge is 0.254 e. The van der Waals surface area contributed by atoms with Crippen LogP contribution in [0.5, 0.6) is 0 Å². The number of aromatic nitrogens is 3. The van der Waals surface area contributed by atoms with Gasteiger partial charge in [0.05, 0.1) is 11.3 Å². The lowest BCUT2D eigenvalue weighted by molar-refractivity contribution is -0.118. The molecule has 0 radical (unpaired) electrons. The van der Waals surface area contributed by atoms with Crippen molar-refractivity contribution in [3.63, 3.8) is 0 Å². The van der Waals surface area contributed by atoms with Crippen LogP contribution in [-0.4, -0.2) is 38.9 Å². The first-order valence-electron chi connectivity index (χ1n) is 10.0. The monoisotopic (exact) mass is 396 g/mol. The number of H-pyrrole nitrogens is 1. The number of nitrogens with one attached hydrogen (secondary N) is 4. The summed E-state index contributed by atoms with van der Waals surface area (Å²) in [7, 11) is 0. The van der Waals surface area contributed by atoms with Crippen LogP contribution in [0.1, 0.15) is 67.0 Å². The molecule has 1 fully saturated rings. The molecule has 1 aromatic heterocycles. The van der Waals surface area contributed by atoms with Gasteiger partial charge in [0.2, 0.25) is 17.8 Å². The number of nitrogens with zero attached hydrogens (tertiary/aromatic N) is 2.